The van der Waals surface area contributed by atoms with Crippen LogP contribution in [0.2, 0.25) is 10.0 Å². The number of hydrazine groups is 1. The minimum absolute atomic E-state index is 0.0563. The van der Waals surface area contributed by atoms with Gasteiger partial charge in [0.1, 0.15) is 4.90 Å². The number of rotatable bonds is 8. The van der Waals surface area contributed by atoms with Gasteiger partial charge in [0.05, 0.1) is 14.9 Å². The third-order valence-corrected chi connectivity index (χ3v) is 8.89. The molecule has 0 aromatic heterocycles. The average Bonchev–Trinajstić information content (AvgIpc) is 2.80. The van der Waals surface area contributed by atoms with Crippen LogP contribution < -0.4 is 10.3 Å². The number of aryl methyl sites for hydroxylation is 1. The van der Waals surface area contributed by atoms with Crippen LogP contribution in [0.15, 0.2) is 76.5 Å². The molecular formula is C22H21Cl2N3O5S2. The summed E-state index contributed by atoms with van der Waals surface area (Å²) in [6, 6.07) is 16.7. The van der Waals surface area contributed by atoms with E-state index in [2.05, 4.69) is 5.43 Å². The molecule has 0 saturated carbocycles. The molecule has 0 spiro atoms. The Morgan fingerprint density at radius 1 is 0.912 bits per heavy atom. The Balaban J connectivity index is 1.65. The van der Waals surface area contributed by atoms with Crippen LogP contribution in [0, 0.1) is 6.92 Å². The molecule has 0 bridgehead atoms. The lowest BCUT2D eigenvalue weighted by molar-refractivity contribution is 0.0945. The second kappa shape index (κ2) is 10.4. The summed E-state index contributed by atoms with van der Waals surface area (Å²) in [7, 11) is -6.38. The minimum Gasteiger partial charge on any atom is -0.273 e. The third kappa shape index (κ3) is 5.96. The lowest BCUT2D eigenvalue weighted by Gasteiger charge is -2.17. The molecule has 0 aliphatic heterocycles. The topological polar surface area (TPSA) is 113 Å². The van der Waals surface area contributed by atoms with E-state index in [1.54, 1.807) is 36.4 Å². The molecule has 34 heavy (non-hydrogen) atoms. The van der Waals surface area contributed by atoms with Gasteiger partial charge in [0, 0.05) is 19.2 Å². The van der Waals surface area contributed by atoms with Crippen LogP contribution in [0.5, 0.6) is 0 Å². The molecule has 0 radical (unpaired) electrons. The van der Waals surface area contributed by atoms with E-state index in [4.69, 9.17) is 23.2 Å². The van der Waals surface area contributed by atoms with E-state index < -0.39 is 26.0 Å². The summed E-state index contributed by atoms with van der Waals surface area (Å²) in [6.07, 6.45) is 0. The van der Waals surface area contributed by atoms with Crippen molar-refractivity contribution < 1.29 is 21.6 Å². The lowest BCUT2D eigenvalue weighted by Crippen LogP contribution is -2.41. The normalized spacial score (nSPS) is 12.0. The number of hydrogen-bond acceptors (Lipinski definition) is 5. The number of hydrogen-bond donors (Lipinski definition) is 2. The number of carbonyl (C=O) groups excluding carboxylic acids is 1. The maximum absolute atomic E-state index is 12.7. The molecule has 0 heterocycles. The van der Waals surface area contributed by atoms with Gasteiger partial charge >= 0.3 is 0 Å². The summed E-state index contributed by atoms with van der Waals surface area (Å²) in [6.45, 7) is 1.95. The van der Waals surface area contributed by atoms with Gasteiger partial charge in [0.2, 0.25) is 10.0 Å². The monoisotopic (exact) mass is 541 g/mol. The third-order valence-electron chi connectivity index (χ3n) is 4.86. The Bertz CT molecular complexity index is 1410. The molecule has 12 heteroatoms. The summed E-state index contributed by atoms with van der Waals surface area (Å²) < 4.78 is 51.5. The van der Waals surface area contributed by atoms with Gasteiger partial charge in [0.15, 0.2) is 0 Å². The van der Waals surface area contributed by atoms with Crippen molar-refractivity contribution in [2.45, 2.75) is 23.3 Å². The van der Waals surface area contributed by atoms with Gasteiger partial charge in [-0.2, -0.15) is 4.31 Å². The zero-order valence-corrected chi connectivity index (χ0v) is 21.3. The van der Waals surface area contributed by atoms with Crippen LogP contribution in [0.1, 0.15) is 21.5 Å². The molecule has 2 N–H and O–H groups in total. The van der Waals surface area contributed by atoms with Crippen molar-refractivity contribution in [3.63, 3.8) is 0 Å². The van der Waals surface area contributed by atoms with E-state index in [-0.39, 0.29) is 31.9 Å². The van der Waals surface area contributed by atoms with Crippen LogP contribution in [0.25, 0.3) is 0 Å². The fraction of sp³-hybridized carbons (Fsp3) is 0.136. The molecule has 0 aliphatic rings. The smallest absolute Gasteiger partial charge is 0.266 e. The van der Waals surface area contributed by atoms with Crippen molar-refractivity contribution in [2.24, 2.45) is 0 Å². The largest absolute Gasteiger partial charge is 0.273 e. The van der Waals surface area contributed by atoms with Crippen molar-refractivity contribution in [1.29, 1.82) is 0 Å². The Morgan fingerprint density at radius 2 is 1.53 bits per heavy atom. The van der Waals surface area contributed by atoms with E-state index in [1.807, 2.05) is 11.8 Å². The summed E-state index contributed by atoms with van der Waals surface area (Å²) in [5.41, 5.74) is 3.86. The highest BCUT2D eigenvalue weighted by atomic mass is 35.5. The number of nitrogens with one attached hydrogen (secondary N) is 2. The molecule has 0 unspecified atom stereocenters. The first-order chi connectivity index (χ1) is 15.9. The number of halogens is 2. The van der Waals surface area contributed by atoms with Crippen LogP contribution in [-0.4, -0.2) is 34.1 Å². The predicted molar refractivity (Wildman–Crippen MR) is 131 cm³/mol. The van der Waals surface area contributed by atoms with Crippen LogP contribution in [0.4, 0.5) is 0 Å². The molecule has 3 aromatic carbocycles. The maximum atomic E-state index is 12.7. The second-order valence-electron chi connectivity index (χ2n) is 7.38. The highest BCUT2D eigenvalue weighted by molar-refractivity contribution is 7.89. The Kier molecular flexibility index (Phi) is 8.02. The van der Waals surface area contributed by atoms with E-state index >= 15 is 0 Å². The lowest BCUT2D eigenvalue weighted by atomic mass is 10.1. The van der Waals surface area contributed by atoms with Gasteiger partial charge in [-0.05, 0) is 48.9 Å². The molecule has 8 nitrogen and oxygen atoms in total. The standard InChI is InChI=1S/C22H21Cl2N3O5S2/c1-15-6-12-18(13-7-15)34(31,32)27(2)14-16-8-10-17(11-9-16)22(28)25-26-33(29,30)20-5-3-4-19(23)21(20)24/h3-13,26H,14H2,1-2H3,(H,25,28). The van der Waals surface area contributed by atoms with E-state index in [9.17, 15) is 21.6 Å². The van der Waals surface area contributed by atoms with Crippen molar-refractivity contribution in [2.75, 3.05) is 7.05 Å². The maximum Gasteiger partial charge on any atom is 0.266 e. The molecule has 3 aromatic rings. The summed E-state index contributed by atoms with van der Waals surface area (Å²) in [4.78, 5) is 14.3. The Labute approximate surface area is 208 Å². The van der Waals surface area contributed by atoms with Crippen molar-refractivity contribution in [3.05, 3.63) is 93.5 Å². The van der Waals surface area contributed by atoms with E-state index in [0.29, 0.717) is 5.56 Å². The van der Waals surface area contributed by atoms with Crippen molar-refractivity contribution in [3.8, 4) is 0 Å². The quantitative estimate of drug-likeness (QED) is 0.421. The summed E-state index contributed by atoms with van der Waals surface area (Å²) in [5.74, 6) is -0.714. The summed E-state index contributed by atoms with van der Waals surface area (Å²) >= 11 is 11.8. The van der Waals surface area contributed by atoms with Crippen LogP contribution in [-0.2, 0) is 26.6 Å². The Morgan fingerprint density at radius 3 is 2.15 bits per heavy atom. The number of nitrogens with zero attached hydrogens (tertiary/aromatic N) is 1. The highest BCUT2D eigenvalue weighted by Gasteiger charge is 2.22. The fourth-order valence-corrected chi connectivity index (χ4v) is 5.69. The van der Waals surface area contributed by atoms with E-state index in [1.165, 1.54) is 41.7 Å². The van der Waals surface area contributed by atoms with Gasteiger partial charge in [-0.1, -0.05) is 59.1 Å². The number of amides is 1. The number of benzene rings is 3. The summed E-state index contributed by atoms with van der Waals surface area (Å²) in [5, 5.41) is -0.110. The first-order valence-electron chi connectivity index (χ1n) is 9.80. The highest BCUT2D eigenvalue weighted by Crippen LogP contribution is 2.28. The van der Waals surface area contributed by atoms with Gasteiger partial charge in [-0.25, -0.2) is 16.8 Å². The number of sulfonamides is 2. The van der Waals surface area contributed by atoms with E-state index in [0.717, 1.165) is 5.56 Å². The molecular weight excluding hydrogens is 521 g/mol. The molecule has 3 rings (SSSR count). The average molecular weight is 542 g/mol. The van der Waals surface area contributed by atoms with Crippen molar-refractivity contribution in [1.82, 2.24) is 14.6 Å². The van der Waals surface area contributed by atoms with Crippen LogP contribution >= 0.6 is 23.2 Å². The van der Waals surface area contributed by atoms with Gasteiger partial charge in [-0.15, -0.1) is 4.83 Å². The fourth-order valence-electron chi connectivity index (χ4n) is 2.93. The second-order valence-corrected chi connectivity index (χ2v) is 11.9. The minimum atomic E-state index is -4.16. The molecule has 0 aliphatic carbocycles. The zero-order valence-electron chi connectivity index (χ0n) is 18.1. The van der Waals surface area contributed by atoms with Crippen LogP contribution in [0.3, 0.4) is 0 Å². The molecule has 0 atom stereocenters. The molecule has 1 amide bonds. The van der Waals surface area contributed by atoms with Crippen molar-refractivity contribution >= 4 is 49.2 Å². The Hall–Kier alpha value is -2.47. The zero-order chi connectivity index (χ0) is 25.1. The van der Waals surface area contributed by atoms with Gasteiger partial charge < -0.3 is 0 Å². The molecule has 0 saturated heterocycles. The van der Waals surface area contributed by atoms with Gasteiger partial charge in [-0.3, -0.25) is 10.2 Å². The van der Waals surface area contributed by atoms with Gasteiger partial charge in [0.25, 0.3) is 15.9 Å². The SMILES string of the molecule is Cc1ccc(S(=O)(=O)N(C)Cc2ccc(C(=O)NNS(=O)(=O)c3cccc(Cl)c3Cl)cc2)cc1. The molecule has 180 valence electrons. The molecule has 0 fully saturated rings. The number of carbonyl (C=O) groups is 1. The first-order valence-corrected chi connectivity index (χ1v) is 13.5. The first kappa shape index (κ1) is 26.1. The predicted octanol–water partition coefficient (Wildman–Crippen LogP) is 3.75.